The Bertz CT molecular complexity index is 894. The van der Waals surface area contributed by atoms with Crippen molar-refractivity contribution >= 4 is 23.2 Å². The van der Waals surface area contributed by atoms with Crippen LogP contribution in [0.25, 0.3) is 10.4 Å². The zero-order valence-corrected chi connectivity index (χ0v) is 17.2. The van der Waals surface area contributed by atoms with Gasteiger partial charge >= 0.3 is 0 Å². The predicted molar refractivity (Wildman–Crippen MR) is 111 cm³/mol. The van der Waals surface area contributed by atoms with Gasteiger partial charge in [0.25, 0.3) is 0 Å². The second kappa shape index (κ2) is 8.22. The van der Waals surface area contributed by atoms with Crippen LogP contribution in [0.1, 0.15) is 30.5 Å². The number of likely N-dealkylation sites (tertiary alicyclic amines) is 1. The summed E-state index contributed by atoms with van der Waals surface area (Å²) in [5, 5.41) is 12.9. The first-order valence-electron chi connectivity index (χ1n) is 9.95. The van der Waals surface area contributed by atoms with E-state index in [1.165, 1.54) is 4.90 Å². The topological polar surface area (TPSA) is 109 Å². The van der Waals surface area contributed by atoms with Crippen LogP contribution in [0.2, 0.25) is 0 Å². The minimum Gasteiger partial charge on any atom is -0.391 e. The number of aliphatic hydroxyl groups excluding tert-OH is 1. The molecule has 0 radical (unpaired) electrons. The number of β-amino-alcohol motifs (C(OH)–C–C–N with tert-alkyl or cyclic N) is 1. The number of hydrogen-bond acceptors (Lipinski definition) is 6. The maximum absolute atomic E-state index is 12.7. The van der Waals surface area contributed by atoms with E-state index in [1.54, 1.807) is 11.3 Å². The summed E-state index contributed by atoms with van der Waals surface area (Å²) in [4.78, 5) is 32.2. The number of rotatable bonds is 6. The van der Waals surface area contributed by atoms with E-state index in [4.69, 9.17) is 5.73 Å². The second-order valence-electron chi connectivity index (χ2n) is 7.94. The van der Waals surface area contributed by atoms with Gasteiger partial charge in [0.05, 0.1) is 28.2 Å². The largest absolute Gasteiger partial charge is 0.391 e. The Morgan fingerprint density at radius 1 is 1.34 bits per heavy atom. The second-order valence-corrected chi connectivity index (χ2v) is 8.80. The lowest BCUT2D eigenvalue weighted by Gasteiger charge is -2.26. The van der Waals surface area contributed by atoms with Crippen LogP contribution in [0.4, 0.5) is 0 Å². The van der Waals surface area contributed by atoms with Crippen LogP contribution in [-0.2, 0) is 16.1 Å². The number of aromatic nitrogens is 1. The maximum atomic E-state index is 12.7. The van der Waals surface area contributed by atoms with Gasteiger partial charge in [-0.25, -0.2) is 4.98 Å². The van der Waals surface area contributed by atoms with E-state index in [-0.39, 0.29) is 30.7 Å². The molecule has 0 spiro atoms. The van der Waals surface area contributed by atoms with Crippen LogP contribution >= 0.6 is 11.3 Å². The van der Waals surface area contributed by atoms with E-state index in [9.17, 15) is 14.7 Å². The summed E-state index contributed by atoms with van der Waals surface area (Å²) >= 11 is 1.60. The summed E-state index contributed by atoms with van der Waals surface area (Å²) in [7, 11) is 0. The van der Waals surface area contributed by atoms with Crippen molar-refractivity contribution in [3.05, 3.63) is 41.0 Å². The highest BCUT2D eigenvalue weighted by atomic mass is 32.1. The lowest BCUT2D eigenvalue weighted by atomic mass is 10.1. The van der Waals surface area contributed by atoms with Gasteiger partial charge in [0.15, 0.2) is 0 Å². The molecule has 1 saturated heterocycles. The molecule has 1 aliphatic carbocycles. The lowest BCUT2D eigenvalue weighted by molar-refractivity contribution is -0.139. The zero-order chi connectivity index (χ0) is 20.5. The summed E-state index contributed by atoms with van der Waals surface area (Å²) in [6, 6.07) is 6.76. The number of nitrogens with two attached hydrogens (primary N) is 1. The molecule has 2 amide bonds. The summed E-state index contributed by atoms with van der Waals surface area (Å²) < 4.78 is 0. The number of carbonyl (C=O) groups is 2. The fourth-order valence-electron chi connectivity index (χ4n) is 3.81. The van der Waals surface area contributed by atoms with Gasteiger partial charge in [0.2, 0.25) is 11.8 Å². The highest BCUT2D eigenvalue weighted by Crippen LogP contribution is 2.33. The Morgan fingerprint density at radius 3 is 2.69 bits per heavy atom. The number of nitrogens with zero attached hydrogens (tertiary/aromatic N) is 2. The normalized spacial score (nSPS) is 22.5. The molecule has 3 atom stereocenters. The number of aliphatic hydroxyl groups is 1. The van der Waals surface area contributed by atoms with Crippen molar-refractivity contribution in [3.8, 4) is 10.4 Å². The third-order valence-corrected chi connectivity index (χ3v) is 6.69. The maximum Gasteiger partial charge on any atom is 0.243 e. The Hall–Kier alpha value is -2.29. The van der Waals surface area contributed by atoms with E-state index in [0.29, 0.717) is 6.54 Å². The molecule has 154 valence electrons. The van der Waals surface area contributed by atoms with Crippen molar-refractivity contribution in [2.45, 2.75) is 50.9 Å². The Balaban J connectivity index is 1.37. The molecule has 29 heavy (non-hydrogen) atoms. The quantitative estimate of drug-likeness (QED) is 0.663. The summed E-state index contributed by atoms with van der Waals surface area (Å²) in [6.45, 7) is 2.52. The zero-order valence-electron chi connectivity index (χ0n) is 16.4. The SMILES string of the molecule is Cc1ncsc1-c1ccc(CNC(=O)C2CC(O)CN2C(=O)[C@@H](N)C2CC2)cc1. The van der Waals surface area contributed by atoms with Crippen LogP contribution in [0.15, 0.2) is 29.8 Å². The van der Waals surface area contributed by atoms with Crippen LogP contribution in [-0.4, -0.2) is 51.5 Å². The van der Waals surface area contributed by atoms with Gasteiger partial charge in [-0.05, 0) is 36.8 Å². The van der Waals surface area contributed by atoms with Crippen LogP contribution in [0.3, 0.4) is 0 Å². The average molecular weight is 415 g/mol. The van der Waals surface area contributed by atoms with Crippen molar-refractivity contribution in [1.82, 2.24) is 15.2 Å². The third kappa shape index (κ3) is 4.34. The highest BCUT2D eigenvalue weighted by molar-refractivity contribution is 7.13. The number of hydrogen-bond donors (Lipinski definition) is 3. The van der Waals surface area contributed by atoms with Crippen molar-refractivity contribution < 1.29 is 14.7 Å². The first kappa shape index (κ1) is 20.0. The molecule has 4 N–H and O–H groups in total. The molecule has 7 nitrogen and oxygen atoms in total. The molecule has 2 aliphatic rings. The Morgan fingerprint density at radius 2 is 2.07 bits per heavy atom. The number of amides is 2. The minimum atomic E-state index is -0.692. The molecule has 1 aromatic heterocycles. The number of nitrogens with one attached hydrogen (secondary N) is 1. The van der Waals surface area contributed by atoms with Gasteiger partial charge < -0.3 is 21.1 Å². The Kier molecular flexibility index (Phi) is 5.67. The molecule has 0 bridgehead atoms. The van der Waals surface area contributed by atoms with Crippen LogP contribution in [0.5, 0.6) is 0 Å². The van der Waals surface area contributed by atoms with Crippen LogP contribution in [0, 0.1) is 12.8 Å². The molecule has 1 aliphatic heterocycles. The molecule has 2 heterocycles. The van der Waals surface area contributed by atoms with E-state index >= 15 is 0 Å². The smallest absolute Gasteiger partial charge is 0.243 e. The summed E-state index contributed by atoms with van der Waals surface area (Å²) in [5.41, 5.74) is 10.9. The van der Waals surface area contributed by atoms with Gasteiger partial charge in [-0.2, -0.15) is 0 Å². The fourth-order valence-corrected chi connectivity index (χ4v) is 4.63. The van der Waals surface area contributed by atoms with E-state index in [2.05, 4.69) is 10.3 Å². The van der Waals surface area contributed by atoms with E-state index in [1.807, 2.05) is 36.7 Å². The summed E-state index contributed by atoms with van der Waals surface area (Å²) in [5.74, 6) is -0.265. The molecule has 2 fully saturated rings. The highest BCUT2D eigenvalue weighted by Gasteiger charge is 2.43. The molecule has 1 saturated carbocycles. The van der Waals surface area contributed by atoms with E-state index in [0.717, 1.165) is 34.5 Å². The molecular weight excluding hydrogens is 388 g/mol. The monoisotopic (exact) mass is 414 g/mol. The average Bonchev–Trinajstić information content (AvgIpc) is 3.37. The van der Waals surface area contributed by atoms with Crippen molar-refractivity contribution in [3.63, 3.8) is 0 Å². The number of benzene rings is 1. The fraction of sp³-hybridized carbons (Fsp3) is 0.476. The van der Waals surface area contributed by atoms with Gasteiger partial charge in [-0.1, -0.05) is 24.3 Å². The van der Waals surface area contributed by atoms with Gasteiger partial charge in [-0.15, -0.1) is 11.3 Å². The third-order valence-electron chi connectivity index (χ3n) is 5.71. The van der Waals surface area contributed by atoms with E-state index < -0.39 is 18.2 Å². The van der Waals surface area contributed by atoms with Gasteiger partial charge in [0, 0.05) is 19.5 Å². The molecule has 1 aromatic carbocycles. The summed E-state index contributed by atoms with van der Waals surface area (Å²) in [6.07, 6.45) is 1.47. The number of carbonyl (C=O) groups excluding carboxylic acids is 2. The molecule has 8 heteroatoms. The first-order valence-corrected chi connectivity index (χ1v) is 10.8. The van der Waals surface area contributed by atoms with Gasteiger partial charge in [0.1, 0.15) is 6.04 Å². The van der Waals surface area contributed by atoms with Crippen molar-refractivity contribution in [1.29, 1.82) is 0 Å². The van der Waals surface area contributed by atoms with Crippen LogP contribution < -0.4 is 11.1 Å². The van der Waals surface area contributed by atoms with Crippen molar-refractivity contribution in [2.75, 3.05) is 6.54 Å². The van der Waals surface area contributed by atoms with Crippen molar-refractivity contribution in [2.24, 2.45) is 11.7 Å². The first-order chi connectivity index (χ1) is 13.9. The minimum absolute atomic E-state index is 0.167. The van der Waals surface area contributed by atoms with Gasteiger partial charge in [-0.3, -0.25) is 9.59 Å². The molecule has 4 rings (SSSR count). The number of aryl methyl sites for hydroxylation is 1. The molecule has 2 unspecified atom stereocenters. The lowest BCUT2D eigenvalue weighted by Crippen LogP contribution is -2.51. The standard InChI is InChI=1S/C21H26N4O3S/c1-12-19(29-11-24-12)15-4-2-13(3-5-15)9-23-20(27)17-8-16(26)10-25(17)21(28)18(22)14-6-7-14/h2-5,11,14,16-18,26H,6-10,22H2,1H3,(H,23,27)/t16?,17?,18-/m0/s1. The number of thiazole rings is 1. The molecule has 2 aromatic rings. The predicted octanol–water partition coefficient (Wildman–Crippen LogP) is 1.43. The Labute approximate surface area is 173 Å². The molecular formula is C21H26N4O3S.